The molecule has 4 aromatic rings. The number of amides is 1. The highest BCUT2D eigenvalue weighted by Crippen LogP contribution is 2.26. The van der Waals surface area contributed by atoms with E-state index in [1.54, 1.807) is 12.4 Å². The zero-order chi connectivity index (χ0) is 23.2. The second kappa shape index (κ2) is 10.2. The maximum Gasteiger partial charge on any atom is 0.257 e. The van der Waals surface area contributed by atoms with Gasteiger partial charge in [0.25, 0.3) is 5.91 Å². The lowest BCUT2D eigenvalue weighted by atomic mass is 10.0. The standard InChI is InChI=1S/C28H26N4O2/c33-28(24-15-29-20-30-16-24)32-18-23-11-4-6-12-26(23)31-17-22-10-5-7-13-27(22)34-19-25(32)14-21-8-2-1-3-9-21/h1-13,15-16,20,25,31H,14,17-19H2/t25-/m0/s1. The number of ether oxygens (including phenoxy) is 1. The lowest BCUT2D eigenvalue weighted by Crippen LogP contribution is -2.44. The molecule has 1 aliphatic rings. The van der Waals surface area contributed by atoms with Crippen molar-refractivity contribution in [1.29, 1.82) is 0 Å². The quantitative estimate of drug-likeness (QED) is 0.489. The van der Waals surface area contributed by atoms with Gasteiger partial charge in [-0.15, -0.1) is 0 Å². The van der Waals surface area contributed by atoms with Gasteiger partial charge in [-0.05, 0) is 29.7 Å². The average Bonchev–Trinajstić information content (AvgIpc) is 2.93. The largest absolute Gasteiger partial charge is 0.491 e. The number of benzene rings is 3. The zero-order valence-corrected chi connectivity index (χ0v) is 18.8. The van der Waals surface area contributed by atoms with E-state index in [4.69, 9.17) is 4.74 Å². The van der Waals surface area contributed by atoms with Crippen LogP contribution in [0, 0.1) is 0 Å². The topological polar surface area (TPSA) is 67.4 Å². The molecule has 170 valence electrons. The van der Waals surface area contributed by atoms with Gasteiger partial charge in [0.15, 0.2) is 0 Å². The summed E-state index contributed by atoms with van der Waals surface area (Å²) in [5.41, 5.74) is 4.73. The molecule has 3 aromatic carbocycles. The van der Waals surface area contributed by atoms with Gasteiger partial charge in [0.05, 0.1) is 11.6 Å². The van der Waals surface area contributed by atoms with E-state index < -0.39 is 0 Å². The molecule has 0 saturated carbocycles. The first-order valence-electron chi connectivity index (χ1n) is 11.4. The molecular weight excluding hydrogens is 424 g/mol. The Morgan fingerprint density at radius 1 is 0.912 bits per heavy atom. The Labute approximate surface area is 199 Å². The summed E-state index contributed by atoms with van der Waals surface area (Å²) in [4.78, 5) is 23.8. The van der Waals surface area contributed by atoms with Gasteiger partial charge in [-0.25, -0.2) is 9.97 Å². The number of carbonyl (C=O) groups is 1. The Hall–Kier alpha value is -4.19. The molecule has 6 heteroatoms. The third-order valence-electron chi connectivity index (χ3n) is 6.05. The third-order valence-corrected chi connectivity index (χ3v) is 6.05. The van der Waals surface area contributed by atoms with Gasteiger partial charge >= 0.3 is 0 Å². The highest BCUT2D eigenvalue weighted by Gasteiger charge is 2.28. The van der Waals surface area contributed by atoms with Crippen LogP contribution in [0.25, 0.3) is 0 Å². The SMILES string of the molecule is O=C(c1cncnc1)N1Cc2ccccc2NCc2ccccc2OC[C@@H]1Cc1ccccc1. The first-order chi connectivity index (χ1) is 16.8. The molecule has 5 rings (SSSR count). The number of anilines is 1. The van der Waals surface area contributed by atoms with Crippen molar-refractivity contribution >= 4 is 11.6 Å². The highest BCUT2D eigenvalue weighted by atomic mass is 16.5. The number of hydrogen-bond donors (Lipinski definition) is 1. The molecular formula is C28H26N4O2. The Morgan fingerprint density at radius 2 is 1.62 bits per heavy atom. The summed E-state index contributed by atoms with van der Waals surface area (Å²) in [5, 5.41) is 3.54. The maximum absolute atomic E-state index is 13.8. The summed E-state index contributed by atoms with van der Waals surface area (Å²) < 4.78 is 6.35. The van der Waals surface area contributed by atoms with Crippen LogP contribution < -0.4 is 10.1 Å². The number of rotatable bonds is 3. The smallest absolute Gasteiger partial charge is 0.257 e. The molecule has 1 amide bonds. The molecule has 6 nitrogen and oxygen atoms in total. The molecule has 34 heavy (non-hydrogen) atoms. The van der Waals surface area contributed by atoms with Gasteiger partial charge in [0.2, 0.25) is 0 Å². The highest BCUT2D eigenvalue weighted by molar-refractivity contribution is 5.94. The van der Waals surface area contributed by atoms with E-state index in [0.717, 1.165) is 28.1 Å². The molecule has 1 atom stereocenters. The second-order valence-electron chi connectivity index (χ2n) is 8.33. The van der Waals surface area contributed by atoms with E-state index in [1.807, 2.05) is 53.4 Å². The average molecular weight is 451 g/mol. The van der Waals surface area contributed by atoms with Crippen LogP contribution in [0.3, 0.4) is 0 Å². The van der Waals surface area contributed by atoms with Gasteiger partial charge < -0.3 is 15.0 Å². The molecule has 0 spiro atoms. The number of aromatic nitrogens is 2. The van der Waals surface area contributed by atoms with E-state index >= 15 is 0 Å². The lowest BCUT2D eigenvalue weighted by molar-refractivity contribution is 0.0590. The van der Waals surface area contributed by atoms with Crippen molar-refractivity contribution < 1.29 is 9.53 Å². The first-order valence-corrected chi connectivity index (χ1v) is 11.4. The molecule has 0 unspecified atom stereocenters. The fraction of sp³-hybridized carbons (Fsp3) is 0.179. The first kappa shape index (κ1) is 21.6. The summed E-state index contributed by atoms with van der Waals surface area (Å²) in [7, 11) is 0. The molecule has 0 fully saturated rings. The van der Waals surface area contributed by atoms with Crippen LogP contribution in [0.1, 0.15) is 27.0 Å². The molecule has 0 bridgehead atoms. The number of fused-ring (bicyclic) bond motifs is 2. The van der Waals surface area contributed by atoms with E-state index in [9.17, 15) is 4.79 Å². The van der Waals surface area contributed by atoms with Crippen LogP contribution in [0.15, 0.2) is 97.6 Å². The Kier molecular flexibility index (Phi) is 6.47. The van der Waals surface area contributed by atoms with E-state index in [1.165, 1.54) is 6.33 Å². The maximum atomic E-state index is 13.8. The van der Waals surface area contributed by atoms with Crippen molar-refractivity contribution in [3.63, 3.8) is 0 Å². The Balaban J connectivity index is 1.58. The predicted octanol–water partition coefficient (Wildman–Crippen LogP) is 4.73. The van der Waals surface area contributed by atoms with Crippen molar-refractivity contribution in [1.82, 2.24) is 14.9 Å². The molecule has 1 aliphatic heterocycles. The van der Waals surface area contributed by atoms with Gasteiger partial charge in [0.1, 0.15) is 18.7 Å². The minimum Gasteiger partial charge on any atom is -0.491 e. The van der Waals surface area contributed by atoms with Crippen LogP contribution >= 0.6 is 0 Å². The predicted molar refractivity (Wildman–Crippen MR) is 132 cm³/mol. The minimum absolute atomic E-state index is 0.118. The molecule has 0 saturated heterocycles. The Bertz CT molecular complexity index is 1250. The van der Waals surface area contributed by atoms with E-state index in [2.05, 4.69) is 45.6 Å². The fourth-order valence-electron chi connectivity index (χ4n) is 4.27. The number of carbonyl (C=O) groups excluding carboxylic acids is 1. The zero-order valence-electron chi connectivity index (χ0n) is 18.8. The summed E-state index contributed by atoms with van der Waals surface area (Å²) in [6, 6.07) is 26.2. The van der Waals surface area contributed by atoms with Gasteiger partial charge in [-0.2, -0.15) is 0 Å². The summed E-state index contributed by atoms with van der Waals surface area (Å²) in [6.45, 7) is 1.44. The van der Waals surface area contributed by atoms with Crippen molar-refractivity contribution in [2.75, 3.05) is 11.9 Å². The van der Waals surface area contributed by atoms with E-state index in [-0.39, 0.29) is 11.9 Å². The van der Waals surface area contributed by atoms with Crippen LogP contribution in [0.4, 0.5) is 5.69 Å². The van der Waals surface area contributed by atoms with Crippen molar-refractivity contribution in [2.24, 2.45) is 0 Å². The minimum atomic E-state index is -0.200. The summed E-state index contributed by atoms with van der Waals surface area (Å²) in [6.07, 6.45) is 5.24. The van der Waals surface area contributed by atoms with Crippen molar-refractivity contribution in [3.05, 3.63) is 120 Å². The molecule has 0 radical (unpaired) electrons. The monoisotopic (exact) mass is 450 g/mol. The normalized spacial score (nSPS) is 15.6. The Morgan fingerprint density at radius 3 is 2.44 bits per heavy atom. The molecule has 2 heterocycles. The number of nitrogens with zero attached hydrogens (tertiary/aromatic N) is 3. The van der Waals surface area contributed by atoms with Crippen LogP contribution in [0.2, 0.25) is 0 Å². The number of nitrogens with one attached hydrogen (secondary N) is 1. The summed E-state index contributed by atoms with van der Waals surface area (Å²) in [5.74, 6) is 0.704. The fourth-order valence-corrected chi connectivity index (χ4v) is 4.27. The van der Waals surface area contributed by atoms with Crippen molar-refractivity contribution in [3.8, 4) is 5.75 Å². The van der Waals surface area contributed by atoms with Crippen molar-refractivity contribution in [2.45, 2.75) is 25.6 Å². The van der Waals surface area contributed by atoms with Crippen LogP contribution in [-0.4, -0.2) is 33.4 Å². The lowest BCUT2D eigenvalue weighted by Gasteiger charge is -2.32. The van der Waals surface area contributed by atoms with Gasteiger partial charge in [-0.1, -0.05) is 66.7 Å². The van der Waals surface area contributed by atoms with Crippen LogP contribution in [0.5, 0.6) is 5.75 Å². The van der Waals surface area contributed by atoms with E-state index in [0.29, 0.717) is 31.7 Å². The van der Waals surface area contributed by atoms with Gasteiger partial charge in [0, 0.05) is 36.7 Å². The third kappa shape index (κ3) is 4.91. The molecule has 0 aliphatic carbocycles. The number of para-hydroxylation sites is 2. The van der Waals surface area contributed by atoms with Gasteiger partial charge in [-0.3, -0.25) is 4.79 Å². The number of hydrogen-bond acceptors (Lipinski definition) is 5. The van der Waals surface area contributed by atoms with Crippen LogP contribution in [-0.2, 0) is 19.5 Å². The molecule has 1 N–H and O–H groups in total. The second-order valence-corrected chi connectivity index (χ2v) is 8.33. The summed E-state index contributed by atoms with van der Waals surface area (Å²) >= 11 is 0. The molecule has 1 aromatic heterocycles.